The predicted molar refractivity (Wildman–Crippen MR) is 89.4 cm³/mol. The molecule has 0 aliphatic heterocycles. The molecule has 0 aliphatic carbocycles. The van der Waals surface area contributed by atoms with Crippen molar-refractivity contribution in [1.82, 2.24) is 10.3 Å². The largest absolute Gasteiger partial charge is 0.495 e. The zero-order valence-electron chi connectivity index (χ0n) is 14.4. The van der Waals surface area contributed by atoms with Gasteiger partial charge in [-0.05, 0) is 30.3 Å². The number of benzene rings is 1. The molecule has 0 spiro atoms. The molecule has 2 aromatic rings. The molecule has 1 aromatic carbocycles. The Kier molecular flexibility index (Phi) is 6.22. The molecule has 1 heterocycles. The number of pyridine rings is 1. The Hall–Kier alpha value is -3.30. The highest BCUT2D eigenvalue weighted by molar-refractivity contribution is 6.05. The summed E-state index contributed by atoms with van der Waals surface area (Å²) in [6.45, 7) is 0.0146. The molecule has 2 amide bonds. The smallest absolute Gasteiger partial charge is 0.416 e. The molecule has 144 valence electrons. The Labute approximate surface area is 152 Å². The lowest BCUT2D eigenvalue weighted by Gasteiger charge is -2.14. The SMILES string of the molecule is COC(=O)NCc1cc(C(=O)Nc2cc(C(F)(F)F)ccc2OC)ccn1. The first-order valence-electron chi connectivity index (χ1n) is 7.58. The number of hydrogen-bond donors (Lipinski definition) is 2. The van der Waals surface area contributed by atoms with E-state index in [1.54, 1.807) is 0 Å². The van der Waals surface area contributed by atoms with E-state index in [2.05, 4.69) is 20.4 Å². The molecule has 0 unspecified atom stereocenters. The van der Waals surface area contributed by atoms with Gasteiger partial charge in [0.1, 0.15) is 5.75 Å². The summed E-state index contributed by atoms with van der Waals surface area (Å²) in [5, 5.41) is 4.80. The number of halogens is 3. The maximum Gasteiger partial charge on any atom is 0.416 e. The van der Waals surface area contributed by atoms with Crippen LogP contribution in [-0.2, 0) is 17.5 Å². The minimum absolute atomic E-state index is 0.0146. The summed E-state index contributed by atoms with van der Waals surface area (Å²) in [5.41, 5.74) is -0.533. The van der Waals surface area contributed by atoms with Gasteiger partial charge >= 0.3 is 12.3 Å². The fourth-order valence-electron chi connectivity index (χ4n) is 2.13. The van der Waals surface area contributed by atoms with E-state index in [0.29, 0.717) is 5.69 Å². The molecular formula is C17H16F3N3O4. The molecule has 0 radical (unpaired) electrons. The molecule has 0 saturated heterocycles. The van der Waals surface area contributed by atoms with Crippen LogP contribution in [-0.4, -0.2) is 31.2 Å². The minimum atomic E-state index is -4.56. The van der Waals surface area contributed by atoms with Crippen molar-refractivity contribution in [3.05, 3.63) is 53.3 Å². The van der Waals surface area contributed by atoms with E-state index in [9.17, 15) is 22.8 Å². The minimum Gasteiger partial charge on any atom is -0.495 e. The summed E-state index contributed by atoms with van der Waals surface area (Å²) in [4.78, 5) is 27.5. The van der Waals surface area contributed by atoms with Crippen molar-refractivity contribution >= 4 is 17.7 Å². The molecule has 2 rings (SSSR count). The second-order valence-corrected chi connectivity index (χ2v) is 5.25. The second-order valence-electron chi connectivity index (χ2n) is 5.25. The number of nitrogens with zero attached hydrogens (tertiary/aromatic N) is 1. The lowest BCUT2D eigenvalue weighted by atomic mass is 10.1. The van der Waals surface area contributed by atoms with E-state index in [1.165, 1.54) is 32.5 Å². The monoisotopic (exact) mass is 383 g/mol. The van der Waals surface area contributed by atoms with Gasteiger partial charge in [0.15, 0.2) is 0 Å². The number of alkyl halides is 3. The van der Waals surface area contributed by atoms with Crippen molar-refractivity contribution in [3.8, 4) is 5.75 Å². The van der Waals surface area contributed by atoms with Gasteiger partial charge in [0.2, 0.25) is 0 Å². The Balaban J connectivity index is 2.21. The number of amides is 2. The van der Waals surface area contributed by atoms with Crippen molar-refractivity contribution in [2.75, 3.05) is 19.5 Å². The highest BCUT2D eigenvalue weighted by atomic mass is 19.4. The average molecular weight is 383 g/mol. The van der Waals surface area contributed by atoms with Gasteiger partial charge in [-0.2, -0.15) is 13.2 Å². The summed E-state index contributed by atoms with van der Waals surface area (Å²) >= 11 is 0. The zero-order valence-corrected chi connectivity index (χ0v) is 14.4. The van der Waals surface area contributed by atoms with Gasteiger partial charge in [-0.25, -0.2) is 4.79 Å². The number of carbonyl (C=O) groups excluding carboxylic acids is 2. The first-order valence-corrected chi connectivity index (χ1v) is 7.58. The van der Waals surface area contributed by atoms with Gasteiger partial charge in [0, 0.05) is 11.8 Å². The molecule has 0 atom stereocenters. The van der Waals surface area contributed by atoms with Crippen LogP contribution in [0.1, 0.15) is 21.6 Å². The van der Waals surface area contributed by atoms with Crippen molar-refractivity contribution in [3.63, 3.8) is 0 Å². The van der Waals surface area contributed by atoms with E-state index in [-0.39, 0.29) is 23.5 Å². The quantitative estimate of drug-likeness (QED) is 0.828. The van der Waals surface area contributed by atoms with Crippen LogP contribution in [0.3, 0.4) is 0 Å². The molecule has 10 heteroatoms. The Morgan fingerprint density at radius 1 is 1.15 bits per heavy atom. The zero-order chi connectivity index (χ0) is 20.0. The predicted octanol–water partition coefficient (Wildman–Crippen LogP) is 3.22. The molecule has 2 N–H and O–H groups in total. The standard InChI is InChI=1S/C17H16F3N3O4/c1-26-14-4-3-11(17(18,19)20)8-13(14)23-15(24)10-5-6-21-12(7-10)9-22-16(25)27-2/h3-8H,9H2,1-2H3,(H,22,25)(H,23,24). The highest BCUT2D eigenvalue weighted by Gasteiger charge is 2.31. The molecule has 0 aliphatic rings. The number of aromatic nitrogens is 1. The summed E-state index contributed by atoms with van der Waals surface area (Å²) in [6, 6.07) is 5.55. The molecule has 0 fully saturated rings. The number of hydrogen-bond acceptors (Lipinski definition) is 5. The van der Waals surface area contributed by atoms with Crippen LogP contribution in [0, 0.1) is 0 Å². The highest BCUT2D eigenvalue weighted by Crippen LogP contribution is 2.35. The summed E-state index contributed by atoms with van der Waals surface area (Å²) in [6.07, 6.45) is -3.89. The van der Waals surface area contributed by atoms with Crippen LogP contribution >= 0.6 is 0 Å². The van der Waals surface area contributed by atoms with Crippen LogP contribution in [0.4, 0.5) is 23.7 Å². The molecule has 27 heavy (non-hydrogen) atoms. The third-order valence-corrected chi connectivity index (χ3v) is 3.45. The number of carbonyl (C=O) groups is 2. The van der Waals surface area contributed by atoms with Gasteiger partial charge in [-0.15, -0.1) is 0 Å². The molecule has 0 saturated carbocycles. The maximum atomic E-state index is 12.9. The maximum absolute atomic E-state index is 12.9. The van der Waals surface area contributed by atoms with Crippen LogP contribution in [0.2, 0.25) is 0 Å². The Morgan fingerprint density at radius 2 is 1.89 bits per heavy atom. The third-order valence-electron chi connectivity index (χ3n) is 3.45. The van der Waals surface area contributed by atoms with Crippen LogP contribution < -0.4 is 15.4 Å². The number of methoxy groups -OCH3 is 2. The Bertz CT molecular complexity index is 840. The number of rotatable bonds is 5. The van der Waals surface area contributed by atoms with E-state index in [0.717, 1.165) is 18.2 Å². The lowest BCUT2D eigenvalue weighted by Crippen LogP contribution is -2.23. The van der Waals surface area contributed by atoms with E-state index in [4.69, 9.17) is 4.74 Å². The van der Waals surface area contributed by atoms with Crippen molar-refractivity contribution < 1.29 is 32.2 Å². The summed E-state index contributed by atoms with van der Waals surface area (Å²) < 4.78 is 48.1. The topological polar surface area (TPSA) is 89.5 Å². The normalized spacial score (nSPS) is 10.9. The summed E-state index contributed by atoms with van der Waals surface area (Å²) in [7, 11) is 2.48. The third kappa shape index (κ3) is 5.33. The fourth-order valence-corrected chi connectivity index (χ4v) is 2.13. The van der Waals surface area contributed by atoms with Gasteiger partial charge in [-0.3, -0.25) is 9.78 Å². The van der Waals surface area contributed by atoms with Gasteiger partial charge < -0.3 is 20.1 Å². The molecular weight excluding hydrogens is 367 g/mol. The van der Waals surface area contributed by atoms with Crippen molar-refractivity contribution in [2.45, 2.75) is 12.7 Å². The van der Waals surface area contributed by atoms with Crippen LogP contribution in [0.5, 0.6) is 5.75 Å². The van der Waals surface area contributed by atoms with Crippen molar-refractivity contribution in [2.24, 2.45) is 0 Å². The van der Waals surface area contributed by atoms with E-state index < -0.39 is 23.7 Å². The number of anilines is 1. The fraction of sp³-hybridized carbons (Fsp3) is 0.235. The number of nitrogens with one attached hydrogen (secondary N) is 2. The van der Waals surface area contributed by atoms with Crippen molar-refractivity contribution in [1.29, 1.82) is 0 Å². The van der Waals surface area contributed by atoms with Gasteiger partial charge in [-0.1, -0.05) is 0 Å². The molecule has 0 bridgehead atoms. The van der Waals surface area contributed by atoms with Crippen LogP contribution in [0.25, 0.3) is 0 Å². The molecule has 7 nitrogen and oxygen atoms in total. The van der Waals surface area contributed by atoms with Gasteiger partial charge in [0.05, 0.1) is 37.7 Å². The average Bonchev–Trinajstić information content (AvgIpc) is 2.65. The molecule has 1 aromatic heterocycles. The first kappa shape index (κ1) is 20.0. The Morgan fingerprint density at radius 3 is 2.52 bits per heavy atom. The van der Waals surface area contributed by atoms with E-state index >= 15 is 0 Å². The first-order chi connectivity index (χ1) is 12.7. The van der Waals surface area contributed by atoms with Crippen LogP contribution in [0.15, 0.2) is 36.5 Å². The lowest BCUT2D eigenvalue weighted by molar-refractivity contribution is -0.137. The van der Waals surface area contributed by atoms with E-state index in [1.807, 2.05) is 0 Å². The number of ether oxygens (including phenoxy) is 2. The number of alkyl carbamates (subject to hydrolysis) is 1. The van der Waals surface area contributed by atoms with Gasteiger partial charge in [0.25, 0.3) is 5.91 Å². The summed E-state index contributed by atoms with van der Waals surface area (Å²) in [5.74, 6) is -0.577. The second kappa shape index (κ2) is 8.39.